The topological polar surface area (TPSA) is 66.9 Å². The maximum absolute atomic E-state index is 12.4. The van der Waals surface area contributed by atoms with E-state index in [0.29, 0.717) is 12.6 Å². The van der Waals surface area contributed by atoms with Gasteiger partial charge in [-0.2, -0.15) is 0 Å². The highest BCUT2D eigenvalue weighted by Crippen LogP contribution is 2.28. The van der Waals surface area contributed by atoms with Crippen LogP contribution in [0.15, 0.2) is 55.0 Å². The zero-order chi connectivity index (χ0) is 20.9. The fourth-order valence-corrected chi connectivity index (χ4v) is 4.26. The van der Waals surface area contributed by atoms with E-state index in [-0.39, 0.29) is 21.5 Å². The number of hydrogen-bond donors (Lipinski definition) is 2. The molecule has 7 heteroatoms. The van der Waals surface area contributed by atoms with Gasteiger partial charge in [0.05, 0.1) is 27.3 Å². The molecule has 0 aliphatic heterocycles. The van der Waals surface area contributed by atoms with Gasteiger partial charge >= 0.3 is 0 Å². The third-order valence-corrected chi connectivity index (χ3v) is 5.88. The van der Waals surface area contributed by atoms with E-state index in [9.17, 15) is 4.79 Å². The molecule has 1 atom stereocenters. The summed E-state index contributed by atoms with van der Waals surface area (Å²) < 4.78 is 0. The Balaban J connectivity index is 1.32. The van der Waals surface area contributed by atoms with Gasteiger partial charge in [-0.15, -0.1) is 0 Å². The molecule has 1 aromatic carbocycles. The largest absolute Gasteiger partial charge is 0.348 e. The normalized spacial score (nSPS) is 15.5. The monoisotopic (exact) mass is 440 g/mol. The van der Waals surface area contributed by atoms with E-state index in [4.69, 9.17) is 23.2 Å². The van der Waals surface area contributed by atoms with Crippen molar-refractivity contribution in [2.24, 2.45) is 0 Å². The summed E-state index contributed by atoms with van der Waals surface area (Å²) >= 11 is 12.1. The summed E-state index contributed by atoms with van der Waals surface area (Å²) in [6.45, 7) is 1.16. The van der Waals surface area contributed by atoms with Gasteiger partial charge in [-0.25, -0.2) is 0 Å². The molecule has 0 saturated carbocycles. The molecule has 154 valence electrons. The zero-order valence-corrected chi connectivity index (χ0v) is 17.9. The van der Waals surface area contributed by atoms with Crippen LogP contribution in [0.1, 0.15) is 51.6 Å². The summed E-state index contributed by atoms with van der Waals surface area (Å²) in [6.07, 6.45) is 8.08. The highest BCUT2D eigenvalue weighted by molar-refractivity contribution is 6.39. The molecule has 0 saturated heterocycles. The molecule has 1 aliphatic carbocycles. The van der Waals surface area contributed by atoms with Gasteiger partial charge in [-0.3, -0.25) is 14.8 Å². The van der Waals surface area contributed by atoms with Crippen LogP contribution >= 0.6 is 23.2 Å². The van der Waals surface area contributed by atoms with E-state index < -0.39 is 0 Å². The summed E-state index contributed by atoms with van der Waals surface area (Å²) in [5, 5.41) is 6.95. The van der Waals surface area contributed by atoms with Crippen molar-refractivity contribution in [2.75, 3.05) is 0 Å². The second-order valence-corrected chi connectivity index (χ2v) is 8.17. The average Bonchev–Trinajstić information content (AvgIpc) is 2.77. The van der Waals surface area contributed by atoms with Crippen molar-refractivity contribution in [1.82, 2.24) is 20.6 Å². The van der Waals surface area contributed by atoms with Crippen molar-refractivity contribution in [1.29, 1.82) is 0 Å². The molecule has 2 aromatic heterocycles. The van der Waals surface area contributed by atoms with E-state index in [1.54, 1.807) is 0 Å². The third-order valence-electron chi connectivity index (χ3n) is 5.30. The molecule has 5 nitrogen and oxygen atoms in total. The van der Waals surface area contributed by atoms with Crippen LogP contribution in [0.3, 0.4) is 0 Å². The minimum Gasteiger partial charge on any atom is -0.348 e. The van der Waals surface area contributed by atoms with Crippen LogP contribution in [-0.2, 0) is 19.5 Å². The van der Waals surface area contributed by atoms with E-state index in [2.05, 4.69) is 38.8 Å². The number of aryl methyl sites for hydroxylation is 1. The first kappa shape index (κ1) is 20.8. The summed E-state index contributed by atoms with van der Waals surface area (Å²) in [5.41, 5.74) is 4.96. The Hall–Kier alpha value is -2.47. The zero-order valence-electron chi connectivity index (χ0n) is 16.4. The molecular weight excluding hydrogens is 419 g/mol. The highest BCUT2D eigenvalue weighted by Gasteiger charge is 2.20. The number of aromatic nitrogens is 2. The van der Waals surface area contributed by atoms with Gasteiger partial charge in [0.25, 0.3) is 5.91 Å². The maximum atomic E-state index is 12.4. The number of amides is 1. The fourth-order valence-electron chi connectivity index (χ4n) is 3.72. The quantitative estimate of drug-likeness (QED) is 0.572. The first-order valence-corrected chi connectivity index (χ1v) is 10.7. The number of carbonyl (C=O) groups is 1. The number of fused-ring (bicyclic) bond motifs is 1. The second kappa shape index (κ2) is 9.56. The molecular formula is C23H22Cl2N4O. The summed E-state index contributed by atoms with van der Waals surface area (Å²) in [7, 11) is 0. The average molecular weight is 441 g/mol. The number of rotatable bonds is 6. The lowest BCUT2D eigenvalue weighted by atomic mass is 9.92. The Kier molecular flexibility index (Phi) is 6.62. The summed E-state index contributed by atoms with van der Waals surface area (Å²) in [4.78, 5) is 20.8. The van der Waals surface area contributed by atoms with Crippen LogP contribution in [0.4, 0.5) is 0 Å². The van der Waals surface area contributed by atoms with Gasteiger partial charge in [0.2, 0.25) is 0 Å². The van der Waals surface area contributed by atoms with E-state index in [0.717, 1.165) is 24.9 Å². The molecule has 2 N–H and O–H groups in total. The summed E-state index contributed by atoms with van der Waals surface area (Å²) in [5.74, 6) is -0.318. The molecule has 1 aliphatic rings. The number of pyridine rings is 2. The van der Waals surface area contributed by atoms with Crippen molar-refractivity contribution in [2.45, 2.75) is 38.4 Å². The molecule has 0 bridgehead atoms. The van der Waals surface area contributed by atoms with Gasteiger partial charge in [-0.05, 0) is 42.0 Å². The number of nitrogens with zero attached hydrogens (tertiary/aromatic N) is 2. The van der Waals surface area contributed by atoms with Gasteiger partial charge < -0.3 is 10.6 Å². The Labute approximate surface area is 185 Å². The Morgan fingerprint density at radius 1 is 1.03 bits per heavy atom. The lowest BCUT2D eigenvalue weighted by molar-refractivity contribution is 0.0951. The molecule has 1 amide bonds. The van der Waals surface area contributed by atoms with Crippen LogP contribution in [-0.4, -0.2) is 15.9 Å². The standard InChI is InChI=1S/C23H22Cl2N4O/c24-18-13-26-14-19(25)21(18)23(30)29-12-16-8-6-15(7-9-16)11-28-20-5-1-3-17-4-2-10-27-22(17)20/h2,4,6-10,13-14,20,28H,1,3,5,11-12H2,(H,29,30). The Morgan fingerprint density at radius 2 is 1.73 bits per heavy atom. The van der Waals surface area contributed by atoms with E-state index >= 15 is 0 Å². The SMILES string of the molecule is O=C(NCc1ccc(CNC2CCCc3cccnc32)cc1)c1c(Cl)cncc1Cl. The molecule has 4 rings (SSSR count). The third kappa shape index (κ3) is 4.81. The molecule has 3 aromatic rings. The molecule has 1 unspecified atom stereocenters. The predicted molar refractivity (Wildman–Crippen MR) is 119 cm³/mol. The van der Waals surface area contributed by atoms with Crippen molar-refractivity contribution < 1.29 is 4.79 Å². The van der Waals surface area contributed by atoms with Gasteiger partial charge in [0.1, 0.15) is 0 Å². The Morgan fingerprint density at radius 3 is 2.47 bits per heavy atom. The van der Waals surface area contributed by atoms with Crippen LogP contribution in [0.25, 0.3) is 0 Å². The smallest absolute Gasteiger partial charge is 0.254 e. The number of carbonyl (C=O) groups excluding carboxylic acids is 1. The molecule has 0 radical (unpaired) electrons. The minimum atomic E-state index is -0.318. The number of halogens is 2. The van der Waals surface area contributed by atoms with Crippen molar-refractivity contribution in [3.8, 4) is 0 Å². The lowest BCUT2D eigenvalue weighted by Gasteiger charge is -2.25. The summed E-state index contributed by atoms with van der Waals surface area (Å²) in [6, 6.07) is 12.6. The van der Waals surface area contributed by atoms with Crippen molar-refractivity contribution in [3.05, 3.63) is 93.0 Å². The molecule has 2 heterocycles. The van der Waals surface area contributed by atoms with Gasteiger partial charge in [0.15, 0.2) is 0 Å². The van der Waals surface area contributed by atoms with E-state index in [1.807, 2.05) is 24.4 Å². The first-order chi connectivity index (χ1) is 14.6. The lowest BCUT2D eigenvalue weighted by Crippen LogP contribution is -2.26. The van der Waals surface area contributed by atoms with E-state index in [1.165, 1.54) is 35.6 Å². The molecule has 0 fully saturated rings. The Bertz CT molecular complexity index is 1020. The first-order valence-electron chi connectivity index (χ1n) is 9.94. The predicted octanol–water partition coefficient (Wildman–Crippen LogP) is 4.88. The van der Waals surface area contributed by atoms with Crippen molar-refractivity contribution in [3.63, 3.8) is 0 Å². The highest BCUT2D eigenvalue weighted by atomic mass is 35.5. The van der Waals surface area contributed by atoms with Crippen LogP contribution in [0, 0.1) is 0 Å². The minimum absolute atomic E-state index is 0.236. The van der Waals surface area contributed by atoms with Crippen molar-refractivity contribution >= 4 is 29.1 Å². The fraction of sp³-hybridized carbons (Fsp3) is 0.261. The number of hydrogen-bond acceptors (Lipinski definition) is 4. The molecule has 0 spiro atoms. The van der Waals surface area contributed by atoms with Crippen LogP contribution < -0.4 is 10.6 Å². The van der Waals surface area contributed by atoms with Crippen LogP contribution in [0.2, 0.25) is 10.0 Å². The van der Waals surface area contributed by atoms with Crippen LogP contribution in [0.5, 0.6) is 0 Å². The second-order valence-electron chi connectivity index (χ2n) is 7.35. The van der Waals surface area contributed by atoms with Gasteiger partial charge in [-0.1, -0.05) is 53.5 Å². The van der Waals surface area contributed by atoms with Gasteiger partial charge in [0, 0.05) is 31.7 Å². The number of benzene rings is 1. The number of nitrogens with one attached hydrogen (secondary N) is 2. The molecule has 30 heavy (non-hydrogen) atoms. The maximum Gasteiger partial charge on any atom is 0.254 e.